The minimum absolute atomic E-state index is 0.0567. The fourth-order valence-electron chi connectivity index (χ4n) is 3.71. The summed E-state index contributed by atoms with van der Waals surface area (Å²) in [6.45, 7) is 1.51. The van der Waals surface area contributed by atoms with E-state index in [1.54, 1.807) is 12.1 Å². The van der Waals surface area contributed by atoms with E-state index in [0.717, 1.165) is 5.56 Å². The molecule has 0 aliphatic rings. The van der Waals surface area contributed by atoms with E-state index in [4.69, 9.17) is 17.2 Å². The summed E-state index contributed by atoms with van der Waals surface area (Å²) in [5.41, 5.74) is 17.7. The van der Waals surface area contributed by atoms with E-state index in [0.29, 0.717) is 12.0 Å². The first-order valence-corrected chi connectivity index (χ1v) is 12.1. The summed E-state index contributed by atoms with van der Waals surface area (Å²) in [7, 11) is 0. The fraction of sp³-hybridized carbons (Fsp3) is 0.346. The molecule has 0 saturated heterocycles. The van der Waals surface area contributed by atoms with E-state index in [-0.39, 0.29) is 37.5 Å². The molecule has 12 heteroatoms. The zero-order valence-corrected chi connectivity index (χ0v) is 21.2. The van der Waals surface area contributed by atoms with Crippen LogP contribution in [0, 0.1) is 0 Å². The maximum atomic E-state index is 13.2. The normalized spacial score (nSPS) is 12.9. The summed E-state index contributed by atoms with van der Waals surface area (Å²) in [6, 6.07) is 12.2. The second-order valence-electron chi connectivity index (χ2n) is 8.79. The molecule has 3 atom stereocenters. The van der Waals surface area contributed by atoms with Crippen molar-refractivity contribution in [2.75, 3.05) is 6.54 Å². The lowest BCUT2D eigenvalue weighted by molar-refractivity contribution is -0.133. The highest BCUT2D eigenvalue weighted by atomic mass is 16.3. The van der Waals surface area contributed by atoms with E-state index in [9.17, 15) is 24.3 Å². The van der Waals surface area contributed by atoms with Crippen molar-refractivity contribution in [3.05, 3.63) is 65.7 Å². The molecule has 204 valence electrons. The average molecular weight is 526 g/mol. The molecule has 0 aliphatic heterocycles. The number of nitrogens with one attached hydrogen (secondary N) is 3. The molecule has 2 aromatic carbocycles. The number of rotatable bonds is 14. The first-order chi connectivity index (χ1) is 18.0. The van der Waals surface area contributed by atoms with Crippen molar-refractivity contribution in [2.24, 2.45) is 22.2 Å². The van der Waals surface area contributed by atoms with E-state index in [2.05, 4.69) is 20.9 Å². The van der Waals surface area contributed by atoms with Gasteiger partial charge in [-0.05, 0) is 36.1 Å². The molecule has 4 amide bonds. The van der Waals surface area contributed by atoms with E-state index < -0.39 is 41.8 Å². The van der Waals surface area contributed by atoms with E-state index >= 15 is 0 Å². The highest BCUT2D eigenvalue weighted by Gasteiger charge is 2.29. The summed E-state index contributed by atoms with van der Waals surface area (Å²) in [5, 5.41) is 17.4. The first kappa shape index (κ1) is 29.6. The van der Waals surface area contributed by atoms with Gasteiger partial charge >= 0.3 is 0 Å². The standard InChI is InChI=1S/C26H35N7O5/c1-16(34)31-22(15-17-6-3-2-4-7-17)25(38)32-20(8-5-13-30-26(28)29)24(37)33-21(23(27)36)14-18-9-11-19(35)12-10-18/h2-4,6-7,9-12,20-22,35H,5,8,13-15H2,1H3,(H2,27,36)(H,31,34)(H,32,38)(H,33,37)(H4,28,29,30)/t20-,21?,22?/m0/s1. The van der Waals surface area contributed by atoms with Crippen LogP contribution in [0.5, 0.6) is 5.75 Å². The molecular weight excluding hydrogens is 490 g/mol. The summed E-state index contributed by atoms with van der Waals surface area (Å²) in [5.74, 6) is -2.42. The fourth-order valence-corrected chi connectivity index (χ4v) is 3.71. The molecule has 0 saturated carbocycles. The Bertz CT molecular complexity index is 1120. The number of hydrogen-bond acceptors (Lipinski definition) is 6. The van der Waals surface area contributed by atoms with Gasteiger partial charge in [0.1, 0.15) is 23.9 Å². The van der Waals surface area contributed by atoms with Gasteiger partial charge in [-0.15, -0.1) is 0 Å². The van der Waals surface area contributed by atoms with Crippen molar-refractivity contribution >= 4 is 29.6 Å². The van der Waals surface area contributed by atoms with Crippen LogP contribution in [-0.4, -0.2) is 59.4 Å². The molecular formula is C26H35N7O5. The maximum absolute atomic E-state index is 13.2. The summed E-state index contributed by atoms with van der Waals surface area (Å²) in [4.78, 5) is 54.2. The third-order valence-corrected chi connectivity index (χ3v) is 5.59. The Balaban J connectivity index is 2.19. The second kappa shape index (κ2) is 14.8. The van der Waals surface area contributed by atoms with Crippen LogP contribution >= 0.6 is 0 Å². The monoisotopic (exact) mass is 525 g/mol. The number of phenolic OH excluding ortho intramolecular Hbond substituents is 1. The van der Waals surface area contributed by atoms with Crippen molar-refractivity contribution < 1.29 is 24.3 Å². The molecule has 0 fully saturated rings. The van der Waals surface area contributed by atoms with Gasteiger partial charge in [-0.25, -0.2) is 0 Å². The van der Waals surface area contributed by atoms with Crippen LogP contribution in [0.3, 0.4) is 0 Å². The molecule has 0 aromatic heterocycles. The van der Waals surface area contributed by atoms with Crippen LogP contribution in [0.25, 0.3) is 0 Å². The van der Waals surface area contributed by atoms with Crippen LogP contribution in [0.15, 0.2) is 59.6 Å². The van der Waals surface area contributed by atoms with Gasteiger partial charge in [0.15, 0.2) is 5.96 Å². The summed E-state index contributed by atoms with van der Waals surface area (Å²) in [6.07, 6.45) is 0.786. The lowest BCUT2D eigenvalue weighted by Gasteiger charge is -2.25. The topological polar surface area (TPSA) is 215 Å². The van der Waals surface area contributed by atoms with Gasteiger partial charge < -0.3 is 38.3 Å². The van der Waals surface area contributed by atoms with Crippen molar-refractivity contribution in [1.29, 1.82) is 0 Å². The predicted molar refractivity (Wildman–Crippen MR) is 143 cm³/mol. The third kappa shape index (κ3) is 10.6. The van der Waals surface area contributed by atoms with Gasteiger partial charge in [-0.3, -0.25) is 24.2 Å². The molecule has 38 heavy (non-hydrogen) atoms. The van der Waals surface area contributed by atoms with Gasteiger partial charge in [-0.2, -0.15) is 0 Å². The van der Waals surface area contributed by atoms with Crippen molar-refractivity contribution in [3.63, 3.8) is 0 Å². The van der Waals surface area contributed by atoms with Crippen molar-refractivity contribution in [2.45, 2.75) is 50.7 Å². The zero-order valence-electron chi connectivity index (χ0n) is 21.2. The van der Waals surface area contributed by atoms with Crippen LogP contribution in [-0.2, 0) is 32.0 Å². The molecule has 0 bridgehead atoms. The number of aromatic hydroxyl groups is 1. The Kier molecular flexibility index (Phi) is 11.6. The number of amides is 4. The number of carbonyl (C=O) groups is 4. The lowest BCUT2D eigenvalue weighted by atomic mass is 10.0. The molecule has 2 aromatic rings. The van der Waals surface area contributed by atoms with E-state index in [1.165, 1.54) is 19.1 Å². The molecule has 12 nitrogen and oxygen atoms in total. The predicted octanol–water partition coefficient (Wildman–Crippen LogP) is -0.809. The van der Waals surface area contributed by atoms with Gasteiger partial charge in [0, 0.05) is 26.3 Å². The number of benzene rings is 2. The van der Waals surface area contributed by atoms with Crippen molar-refractivity contribution in [3.8, 4) is 5.75 Å². The molecule has 0 aliphatic carbocycles. The third-order valence-electron chi connectivity index (χ3n) is 5.59. The number of carbonyl (C=O) groups excluding carboxylic acids is 4. The number of guanidine groups is 1. The van der Waals surface area contributed by atoms with Gasteiger partial charge in [-0.1, -0.05) is 42.5 Å². The van der Waals surface area contributed by atoms with Crippen LogP contribution in [0.1, 0.15) is 30.9 Å². The molecule has 2 rings (SSSR count). The highest BCUT2D eigenvalue weighted by Crippen LogP contribution is 2.12. The minimum atomic E-state index is -1.07. The Morgan fingerprint density at radius 2 is 1.34 bits per heavy atom. The quantitative estimate of drug-likeness (QED) is 0.0945. The van der Waals surface area contributed by atoms with Crippen LogP contribution in [0.4, 0.5) is 0 Å². The average Bonchev–Trinajstić information content (AvgIpc) is 2.86. The highest BCUT2D eigenvalue weighted by molar-refractivity contribution is 5.94. The Hall–Kier alpha value is -4.61. The number of aliphatic imine (C=N–C) groups is 1. The van der Waals surface area contributed by atoms with Crippen LogP contribution in [0.2, 0.25) is 0 Å². The number of nitrogens with zero attached hydrogens (tertiary/aromatic N) is 1. The molecule has 0 spiro atoms. The first-order valence-electron chi connectivity index (χ1n) is 12.1. The van der Waals surface area contributed by atoms with Gasteiger partial charge in [0.2, 0.25) is 23.6 Å². The Morgan fingerprint density at radius 1 is 0.789 bits per heavy atom. The number of nitrogens with two attached hydrogens (primary N) is 3. The molecule has 2 unspecified atom stereocenters. The zero-order chi connectivity index (χ0) is 28.1. The number of primary amides is 1. The Morgan fingerprint density at radius 3 is 1.92 bits per heavy atom. The molecule has 10 N–H and O–H groups in total. The molecule has 0 heterocycles. The van der Waals surface area contributed by atoms with Gasteiger partial charge in [0.25, 0.3) is 0 Å². The summed E-state index contributed by atoms with van der Waals surface area (Å²) < 4.78 is 0. The number of phenols is 1. The van der Waals surface area contributed by atoms with E-state index in [1.807, 2.05) is 30.3 Å². The maximum Gasteiger partial charge on any atom is 0.243 e. The summed E-state index contributed by atoms with van der Waals surface area (Å²) >= 11 is 0. The SMILES string of the molecule is CC(=O)NC(Cc1ccccc1)C(=O)N[C@@H](CCCN=C(N)N)C(=O)NC(Cc1ccc(O)cc1)C(N)=O. The minimum Gasteiger partial charge on any atom is -0.508 e. The smallest absolute Gasteiger partial charge is 0.243 e. The molecule has 0 radical (unpaired) electrons. The van der Waals surface area contributed by atoms with Crippen LogP contribution < -0.4 is 33.2 Å². The second-order valence-corrected chi connectivity index (χ2v) is 8.79. The van der Waals surface area contributed by atoms with Crippen molar-refractivity contribution in [1.82, 2.24) is 16.0 Å². The lowest BCUT2D eigenvalue weighted by Crippen LogP contribution is -2.57. The largest absolute Gasteiger partial charge is 0.508 e. The Labute approximate surface area is 221 Å². The number of hydrogen-bond donors (Lipinski definition) is 7. The van der Waals surface area contributed by atoms with Gasteiger partial charge in [0.05, 0.1) is 0 Å².